The van der Waals surface area contributed by atoms with E-state index in [2.05, 4.69) is 25.0 Å². The lowest BCUT2D eigenvalue weighted by Crippen LogP contribution is -2.08. The van der Waals surface area contributed by atoms with Gasteiger partial charge in [0.2, 0.25) is 5.95 Å². The highest BCUT2D eigenvalue weighted by Crippen LogP contribution is 2.23. The zero-order valence-corrected chi connectivity index (χ0v) is 10.9. The number of anilines is 1. The van der Waals surface area contributed by atoms with Crippen LogP contribution in [0.15, 0.2) is 30.9 Å². The highest BCUT2D eigenvalue weighted by molar-refractivity contribution is 5.33. The van der Waals surface area contributed by atoms with Gasteiger partial charge in [-0.1, -0.05) is 6.07 Å². The van der Waals surface area contributed by atoms with Crippen molar-refractivity contribution in [3.63, 3.8) is 0 Å². The van der Waals surface area contributed by atoms with Gasteiger partial charge in [0, 0.05) is 0 Å². The Bertz CT molecular complexity index is 775. The van der Waals surface area contributed by atoms with Crippen molar-refractivity contribution in [2.75, 3.05) is 5.73 Å². The minimum Gasteiger partial charge on any atom is -0.421 e. The molecule has 8 nitrogen and oxygen atoms in total. The van der Waals surface area contributed by atoms with Crippen molar-refractivity contribution in [2.45, 2.75) is 6.92 Å². The summed E-state index contributed by atoms with van der Waals surface area (Å²) in [6.07, 6.45) is 2.71. The third-order valence-electron chi connectivity index (χ3n) is 2.53. The maximum Gasteiger partial charge on any atom is 0.328 e. The fraction of sp³-hybridized carbons (Fsp3) is 0.0833. The molecule has 0 unspecified atom stereocenters. The molecule has 3 rings (SSSR count). The van der Waals surface area contributed by atoms with Crippen molar-refractivity contribution in [3.8, 4) is 17.7 Å². The first-order valence-corrected chi connectivity index (χ1v) is 5.92. The van der Waals surface area contributed by atoms with Gasteiger partial charge in [0.05, 0.1) is 0 Å². The number of benzene rings is 1. The van der Waals surface area contributed by atoms with Crippen molar-refractivity contribution in [3.05, 3.63) is 42.2 Å². The summed E-state index contributed by atoms with van der Waals surface area (Å²) in [5, 5.41) is 3.88. The molecule has 106 valence electrons. The van der Waals surface area contributed by atoms with Crippen LogP contribution in [0.25, 0.3) is 5.95 Å². The van der Waals surface area contributed by atoms with E-state index in [4.69, 9.17) is 10.5 Å². The fourth-order valence-corrected chi connectivity index (χ4v) is 1.61. The monoisotopic (exact) mass is 287 g/mol. The van der Waals surface area contributed by atoms with Crippen molar-refractivity contribution in [2.24, 2.45) is 0 Å². The minimum atomic E-state index is -0.526. The Kier molecular flexibility index (Phi) is 3.14. The number of hydrogen-bond acceptors (Lipinski definition) is 7. The van der Waals surface area contributed by atoms with E-state index < -0.39 is 5.82 Å². The molecule has 0 atom stereocenters. The second kappa shape index (κ2) is 5.12. The summed E-state index contributed by atoms with van der Waals surface area (Å²) < 4.78 is 20.3. The Balaban J connectivity index is 1.97. The summed E-state index contributed by atoms with van der Waals surface area (Å²) in [5.41, 5.74) is 6.43. The van der Waals surface area contributed by atoms with Crippen LogP contribution in [0, 0.1) is 12.7 Å². The van der Waals surface area contributed by atoms with Crippen LogP contribution in [0.2, 0.25) is 0 Å². The summed E-state index contributed by atoms with van der Waals surface area (Å²) in [6, 6.07) is 4.33. The average Bonchev–Trinajstić information content (AvgIpc) is 2.96. The quantitative estimate of drug-likeness (QED) is 0.773. The predicted octanol–water partition coefficient (Wildman–Crippen LogP) is 1.27. The average molecular weight is 287 g/mol. The molecule has 2 aromatic heterocycles. The smallest absolute Gasteiger partial charge is 0.328 e. The summed E-state index contributed by atoms with van der Waals surface area (Å²) in [7, 11) is 0. The van der Waals surface area contributed by atoms with Gasteiger partial charge < -0.3 is 10.5 Å². The zero-order chi connectivity index (χ0) is 14.8. The molecular weight excluding hydrogens is 277 g/mol. The van der Waals surface area contributed by atoms with Crippen LogP contribution in [-0.2, 0) is 0 Å². The Hall–Kier alpha value is -3.10. The number of nitrogens with zero attached hydrogens (tertiary/aromatic N) is 6. The molecule has 0 fully saturated rings. The highest BCUT2D eigenvalue weighted by atomic mass is 19.1. The van der Waals surface area contributed by atoms with E-state index in [0.29, 0.717) is 0 Å². The van der Waals surface area contributed by atoms with Gasteiger partial charge in [-0.25, -0.2) is 9.37 Å². The molecule has 0 radical (unpaired) electrons. The molecule has 0 aliphatic heterocycles. The van der Waals surface area contributed by atoms with Gasteiger partial charge in [0.25, 0.3) is 5.95 Å². The van der Waals surface area contributed by atoms with E-state index in [9.17, 15) is 4.39 Å². The molecule has 2 heterocycles. The molecule has 2 N–H and O–H groups in total. The van der Waals surface area contributed by atoms with Crippen LogP contribution >= 0.6 is 0 Å². The molecule has 3 aromatic rings. The lowest BCUT2D eigenvalue weighted by molar-refractivity contribution is 0.408. The van der Waals surface area contributed by atoms with Crippen LogP contribution in [0.3, 0.4) is 0 Å². The van der Waals surface area contributed by atoms with Crippen LogP contribution in [0.4, 0.5) is 10.3 Å². The summed E-state index contributed by atoms with van der Waals surface area (Å²) >= 11 is 0. The van der Waals surface area contributed by atoms with Crippen LogP contribution in [0.1, 0.15) is 5.56 Å². The number of nitrogens with two attached hydrogens (primary N) is 1. The van der Waals surface area contributed by atoms with Gasteiger partial charge in [0.15, 0.2) is 11.6 Å². The predicted molar refractivity (Wildman–Crippen MR) is 70.4 cm³/mol. The van der Waals surface area contributed by atoms with Crippen LogP contribution in [0.5, 0.6) is 11.8 Å². The van der Waals surface area contributed by atoms with Gasteiger partial charge in [-0.2, -0.15) is 24.7 Å². The third kappa shape index (κ3) is 2.76. The maximum atomic E-state index is 13.7. The Labute approximate surface area is 118 Å². The lowest BCUT2D eigenvalue weighted by atomic mass is 10.2. The first-order valence-electron chi connectivity index (χ1n) is 5.92. The molecule has 0 saturated carbocycles. The SMILES string of the molecule is Cc1ccc(F)c(Oc2nc(N)nc(-n3cncn3)n2)c1. The maximum absolute atomic E-state index is 13.7. The van der Waals surface area contributed by atoms with E-state index in [0.717, 1.165) is 5.56 Å². The Morgan fingerprint density at radius 1 is 1.24 bits per heavy atom. The molecule has 1 aromatic carbocycles. The number of hydrogen-bond donors (Lipinski definition) is 1. The molecule has 0 amide bonds. The first-order chi connectivity index (χ1) is 10.1. The standard InChI is InChI=1S/C12H10FN7O/c1-7-2-3-8(13)9(4-7)21-12-18-10(14)17-11(19-12)20-6-15-5-16-20/h2-6H,1H3,(H2,14,17,18,19). The van der Waals surface area contributed by atoms with Gasteiger partial charge >= 0.3 is 6.01 Å². The van der Waals surface area contributed by atoms with E-state index in [1.165, 1.54) is 29.5 Å². The van der Waals surface area contributed by atoms with E-state index in [-0.39, 0.29) is 23.7 Å². The number of rotatable bonds is 3. The summed E-state index contributed by atoms with van der Waals surface area (Å²) in [5.74, 6) is -0.464. The van der Waals surface area contributed by atoms with Gasteiger partial charge in [-0.05, 0) is 24.6 Å². The van der Waals surface area contributed by atoms with Gasteiger partial charge in [0.1, 0.15) is 12.7 Å². The van der Waals surface area contributed by atoms with E-state index in [1.807, 2.05) is 6.92 Å². The van der Waals surface area contributed by atoms with E-state index >= 15 is 0 Å². The molecule has 9 heteroatoms. The minimum absolute atomic E-state index is 0.00476. The largest absolute Gasteiger partial charge is 0.421 e. The van der Waals surface area contributed by atoms with E-state index in [1.54, 1.807) is 6.07 Å². The van der Waals surface area contributed by atoms with Crippen molar-refractivity contribution >= 4 is 5.95 Å². The number of aryl methyl sites for hydroxylation is 1. The Morgan fingerprint density at radius 2 is 2.10 bits per heavy atom. The first kappa shape index (κ1) is 12.9. The lowest BCUT2D eigenvalue weighted by Gasteiger charge is -2.07. The molecular formula is C12H10FN7O. The number of halogens is 1. The Morgan fingerprint density at radius 3 is 2.86 bits per heavy atom. The van der Waals surface area contributed by atoms with Crippen LogP contribution < -0.4 is 10.5 Å². The molecule has 0 spiro atoms. The van der Waals surface area contributed by atoms with Crippen LogP contribution in [-0.4, -0.2) is 29.7 Å². The zero-order valence-electron chi connectivity index (χ0n) is 10.9. The highest BCUT2D eigenvalue weighted by Gasteiger charge is 2.11. The number of ether oxygens (including phenoxy) is 1. The normalized spacial score (nSPS) is 10.6. The van der Waals surface area contributed by atoms with Crippen molar-refractivity contribution in [1.29, 1.82) is 0 Å². The molecule has 0 aliphatic carbocycles. The second-order valence-electron chi connectivity index (χ2n) is 4.15. The van der Waals surface area contributed by atoms with Gasteiger partial charge in [-0.3, -0.25) is 0 Å². The third-order valence-corrected chi connectivity index (χ3v) is 2.53. The summed E-state index contributed by atoms with van der Waals surface area (Å²) in [4.78, 5) is 15.5. The fourth-order valence-electron chi connectivity index (χ4n) is 1.61. The van der Waals surface area contributed by atoms with Gasteiger partial charge in [-0.15, -0.1) is 0 Å². The number of aromatic nitrogens is 6. The summed E-state index contributed by atoms with van der Waals surface area (Å²) in [6.45, 7) is 1.81. The van der Waals surface area contributed by atoms with Crippen molar-refractivity contribution in [1.82, 2.24) is 29.7 Å². The second-order valence-corrected chi connectivity index (χ2v) is 4.15. The molecule has 21 heavy (non-hydrogen) atoms. The molecule has 0 aliphatic rings. The molecule has 0 saturated heterocycles. The van der Waals surface area contributed by atoms with Crippen molar-refractivity contribution < 1.29 is 9.13 Å². The molecule has 0 bridgehead atoms. The topological polar surface area (TPSA) is 105 Å². The number of nitrogen functional groups attached to an aromatic ring is 1.